The molecule has 14 heavy (non-hydrogen) atoms. The van der Waals surface area contributed by atoms with E-state index >= 15 is 0 Å². The van der Waals surface area contributed by atoms with Crippen molar-refractivity contribution in [2.24, 2.45) is 0 Å². The molecule has 2 aromatic rings. The molecule has 0 aliphatic carbocycles. The van der Waals surface area contributed by atoms with Crippen LogP contribution in [0, 0.1) is 0 Å². The Bertz CT molecular complexity index is 398. The Morgan fingerprint density at radius 3 is 2.57 bits per heavy atom. The Kier molecular flexibility index (Phi) is 2.51. The van der Waals surface area contributed by atoms with Gasteiger partial charge in [-0.2, -0.15) is 0 Å². The van der Waals surface area contributed by atoms with E-state index < -0.39 is 0 Å². The number of hydrogen-bond acceptors (Lipinski definition) is 1. The fourth-order valence-corrected chi connectivity index (χ4v) is 1.58. The van der Waals surface area contributed by atoms with E-state index in [1.54, 1.807) is 0 Å². The molecule has 0 aliphatic heterocycles. The molecule has 74 valence electrons. The van der Waals surface area contributed by atoms with Gasteiger partial charge >= 0.3 is 0 Å². The molecule has 0 bridgehead atoms. The number of benzene rings is 1. The van der Waals surface area contributed by atoms with Crippen LogP contribution in [-0.4, -0.2) is 5.38 Å². The van der Waals surface area contributed by atoms with Crippen molar-refractivity contribution in [1.29, 1.82) is 0 Å². The Labute approximate surface area is 88.7 Å². The van der Waals surface area contributed by atoms with Gasteiger partial charge in [-0.25, -0.2) is 0 Å². The Balaban J connectivity index is 2.45. The van der Waals surface area contributed by atoms with Gasteiger partial charge < -0.3 is 4.42 Å². The highest BCUT2D eigenvalue weighted by atomic mass is 35.5. The zero-order valence-corrected chi connectivity index (χ0v) is 9.08. The van der Waals surface area contributed by atoms with E-state index in [0.29, 0.717) is 0 Å². The van der Waals surface area contributed by atoms with Crippen LogP contribution in [0.4, 0.5) is 0 Å². The molecule has 0 spiro atoms. The second-order valence-electron chi connectivity index (χ2n) is 3.65. The summed E-state index contributed by atoms with van der Waals surface area (Å²) in [5.74, 6) is 1.22. The predicted octanol–water partition coefficient (Wildman–Crippen LogP) is 4.16. The van der Waals surface area contributed by atoms with E-state index in [9.17, 15) is 0 Å². The van der Waals surface area contributed by atoms with E-state index in [-0.39, 0.29) is 11.3 Å². The molecule has 0 saturated heterocycles. The van der Waals surface area contributed by atoms with Gasteiger partial charge in [0.25, 0.3) is 0 Å². The molecular weight excluding hydrogens is 196 g/mol. The summed E-state index contributed by atoms with van der Waals surface area (Å²) in [4.78, 5) is 0. The summed E-state index contributed by atoms with van der Waals surface area (Å²) in [7, 11) is 0. The first-order valence-corrected chi connectivity index (χ1v) is 5.24. The number of hydrogen-bond donors (Lipinski definition) is 0. The maximum Gasteiger partial charge on any atom is 0.134 e. The molecule has 0 N–H and O–H groups in total. The number of fused-ring (bicyclic) bond motifs is 1. The quantitative estimate of drug-likeness (QED) is 0.676. The monoisotopic (exact) mass is 208 g/mol. The molecule has 2 heteroatoms. The summed E-state index contributed by atoms with van der Waals surface area (Å²) in [6, 6.07) is 10.1. The van der Waals surface area contributed by atoms with Crippen LogP contribution < -0.4 is 0 Å². The van der Waals surface area contributed by atoms with Crippen LogP contribution in [0.15, 0.2) is 34.7 Å². The highest BCUT2D eigenvalue weighted by Crippen LogP contribution is 2.28. The molecule has 2 rings (SSSR count). The maximum absolute atomic E-state index is 6.03. The first kappa shape index (κ1) is 9.60. The minimum absolute atomic E-state index is 0.0931. The third kappa shape index (κ3) is 1.64. The molecule has 2 unspecified atom stereocenters. The molecule has 1 nitrogen and oxygen atoms in total. The van der Waals surface area contributed by atoms with Gasteiger partial charge in [0.15, 0.2) is 0 Å². The number of furan rings is 1. The van der Waals surface area contributed by atoms with E-state index in [4.69, 9.17) is 16.0 Å². The van der Waals surface area contributed by atoms with E-state index in [1.165, 1.54) is 0 Å². The van der Waals surface area contributed by atoms with Crippen LogP contribution in [0.25, 0.3) is 11.0 Å². The van der Waals surface area contributed by atoms with Crippen LogP contribution in [-0.2, 0) is 0 Å². The first-order chi connectivity index (χ1) is 6.68. The topological polar surface area (TPSA) is 13.1 Å². The maximum atomic E-state index is 6.03. The number of alkyl halides is 1. The van der Waals surface area contributed by atoms with Crippen molar-refractivity contribution in [2.75, 3.05) is 0 Å². The summed E-state index contributed by atoms with van der Waals surface area (Å²) in [6.45, 7) is 4.06. The van der Waals surface area contributed by atoms with Gasteiger partial charge in [-0.05, 0) is 19.1 Å². The van der Waals surface area contributed by atoms with Crippen LogP contribution in [0.2, 0.25) is 0 Å². The largest absolute Gasteiger partial charge is 0.461 e. The van der Waals surface area contributed by atoms with Gasteiger partial charge in [0.2, 0.25) is 0 Å². The summed E-state index contributed by atoms with van der Waals surface area (Å²) >= 11 is 6.03. The Morgan fingerprint density at radius 2 is 1.93 bits per heavy atom. The Morgan fingerprint density at radius 1 is 1.21 bits per heavy atom. The number of halogens is 1. The second kappa shape index (κ2) is 3.66. The lowest BCUT2D eigenvalue weighted by Crippen LogP contribution is -2.03. The fourth-order valence-electron chi connectivity index (χ4n) is 1.45. The molecule has 1 aromatic heterocycles. The second-order valence-corrected chi connectivity index (χ2v) is 4.34. The molecule has 0 radical (unpaired) electrons. The molecule has 1 aromatic carbocycles. The van der Waals surface area contributed by atoms with Crippen LogP contribution in [0.1, 0.15) is 25.5 Å². The van der Waals surface area contributed by atoms with Crippen LogP contribution in [0.5, 0.6) is 0 Å². The number of para-hydroxylation sites is 1. The van der Waals surface area contributed by atoms with E-state index in [2.05, 4.69) is 13.0 Å². The van der Waals surface area contributed by atoms with Crippen molar-refractivity contribution in [3.05, 3.63) is 36.1 Å². The van der Waals surface area contributed by atoms with E-state index in [0.717, 1.165) is 16.7 Å². The van der Waals surface area contributed by atoms with Gasteiger partial charge in [0.1, 0.15) is 11.3 Å². The van der Waals surface area contributed by atoms with Crippen LogP contribution >= 0.6 is 11.6 Å². The van der Waals surface area contributed by atoms with Gasteiger partial charge in [0.05, 0.1) is 0 Å². The normalized spacial score (nSPS) is 15.6. The fraction of sp³-hybridized carbons (Fsp3) is 0.333. The SMILES string of the molecule is CC(Cl)C(C)c1cc2ccccc2o1. The molecule has 1 heterocycles. The van der Waals surface area contributed by atoms with Crippen molar-refractivity contribution in [2.45, 2.75) is 25.1 Å². The zero-order chi connectivity index (χ0) is 10.1. The van der Waals surface area contributed by atoms with Crippen molar-refractivity contribution in [3.63, 3.8) is 0 Å². The molecule has 0 saturated carbocycles. The smallest absolute Gasteiger partial charge is 0.134 e. The van der Waals surface area contributed by atoms with Crippen molar-refractivity contribution in [1.82, 2.24) is 0 Å². The van der Waals surface area contributed by atoms with Gasteiger partial charge in [0, 0.05) is 16.7 Å². The lowest BCUT2D eigenvalue weighted by molar-refractivity contribution is 0.502. The minimum atomic E-state index is 0.0931. The van der Waals surface area contributed by atoms with Crippen molar-refractivity contribution >= 4 is 22.6 Å². The lowest BCUT2D eigenvalue weighted by atomic mass is 10.1. The summed E-state index contributed by atoms with van der Waals surface area (Å²) in [5, 5.41) is 1.24. The molecular formula is C12H13ClO. The Hall–Kier alpha value is -0.950. The summed E-state index contributed by atoms with van der Waals surface area (Å²) in [6.07, 6.45) is 0. The summed E-state index contributed by atoms with van der Waals surface area (Å²) in [5.41, 5.74) is 0.937. The molecule has 0 fully saturated rings. The minimum Gasteiger partial charge on any atom is -0.461 e. The van der Waals surface area contributed by atoms with Gasteiger partial charge in [-0.3, -0.25) is 0 Å². The van der Waals surface area contributed by atoms with Crippen LogP contribution in [0.3, 0.4) is 0 Å². The van der Waals surface area contributed by atoms with E-state index in [1.807, 2.05) is 31.2 Å². The highest BCUT2D eigenvalue weighted by Gasteiger charge is 2.15. The zero-order valence-electron chi connectivity index (χ0n) is 8.33. The molecule has 0 aliphatic rings. The average molecular weight is 209 g/mol. The van der Waals surface area contributed by atoms with Crippen molar-refractivity contribution in [3.8, 4) is 0 Å². The first-order valence-electron chi connectivity index (χ1n) is 4.81. The summed E-state index contributed by atoms with van der Waals surface area (Å²) < 4.78 is 5.71. The van der Waals surface area contributed by atoms with Gasteiger partial charge in [-0.1, -0.05) is 25.1 Å². The number of rotatable bonds is 2. The lowest BCUT2D eigenvalue weighted by Gasteiger charge is -2.09. The average Bonchev–Trinajstić information content (AvgIpc) is 2.59. The third-order valence-electron chi connectivity index (χ3n) is 2.58. The highest BCUT2D eigenvalue weighted by molar-refractivity contribution is 6.20. The predicted molar refractivity (Wildman–Crippen MR) is 59.9 cm³/mol. The molecule has 0 amide bonds. The standard InChI is InChI=1S/C12H13ClO/c1-8(9(2)13)12-7-10-5-3-4-6-11(10)14-12/h3-9H,1-2H3. The molecule has 2 atom stereocenters. The third-order valence-corrected chi connectivity index (χ3v) is 2.96. The van der Waals surface area contributed by atoms with Gasteiger partial charge in [-0.15, -0.1) is 11.6 Å². The van der Waals surface area contributed by atoms with Crippen molar-refractivity contribution < 1.29 is 4.42 Å².